The molecule has 0 aliphatic carbocycles. The Bertz CT molecular complexity index is 411. The Morgan fingerprint density at radius 1 is 1.35 bits per heavy atom. The average Bonchev–Trinajstić information content (AvgIpc) is 2.69. The van der Waals surface area contributed by atoms with Crippen LogP contribution in [0.2, 0.25) is 5.02 Å². The number of thioether (sulfide) groups is 1. The van der Waals surface area contributed by atoms with Gasteiger partial charge in [-0.1, -0.05) is 23.7 Å². The second-order valence-corrected chi connectivity index (χ2v) is 5.94. The smallest absolute Gasteiger partial charge is 0.0468 e. The third-order valence-corrected chi connectivity index (χ3v) is 4.59. The van der Waals surface area contributed by atoms with Crippen LogP contribution < -0.4 is 0 Å². The summed E-state index contributed by atoms with van der Waals surface area (Å²) in [6.45, 7) is 3.04. The highest BCUT2D eigenvalue weighted by Gasteiger charge is 2.24. The maximum absolute atomic E-state index is 5.93. The zero-order valence-corrected chi connectivity index (χ0v) is 11.8. The molecule has 1 aliphatic rings. The molecule has 0 fully saturated rings. The van der Waals surface area contributed by atoms with Gasteiger partial charge in [-0.25, -0.2) is 0 Å². The highest BCUT2D eigenvalue weighted by atomic mass is 35.5. The fourth-order valence-electron chi connectivity index (χ4n) is 2.23. The molecule has 0 saturated carbocycles. The third kappa shape index (κ3) is 3.06. The van der Waals surface area contributed by atoms with Gasteiger partial charge in [0.2, 0.25) is 0 Å². The van der Waals surface area contributed by atoms with Crippen molar-refractivity contribution >= 4 is 28.9 Å². The Morgan fingerprint density at radius 3 is 2.71 bits per heavy atom. The number of rotatable bonds is 4. The summed E-state index contributed by atoms with van der Waals surface area (Å²) < 4.78 is 5.19. The summed E-state index contributed by atoms with van der Waals surface area (Å²) in [5.41, 5.74) is 2.78. The van der Waals surface area contributed by atoms with Crippen LogP contribution in [-0.4, -0.2) is 19.5 Å². The van der Waals surface area contributed by atoms with E-state index in [-0.39, 0.29) is 0 Å². The van der Waals surface area contributed by atoms with E-state index in [1.165, 1.54) is 21.8 Å². The zero-order valence-electron chi connectivity index (χ0n) is 10.2. The number of halogens is 1. The lowest BCUT2D eigenvalue weighted by Gasteiger charge is -2.14. The van der Waals surface area contributed by atoms with Crippen LogP contribution >= 0.6 is 23.4 Å². The van der Waals surface area contributed by atoms with Crippen molar-refractivity contribution in [3.05, 3.63) is 39.8 Å². The van der Waals surface area contributed by atoms with Crippen molar-refractivity contribution in [3.8, 4) is 0 Å². The molecule has 1 nitrogen and oxygen atoms in total. The fourth-order valence-corrected chi connectivity index (χ4v) is 3.58. The van der Waals surface area contributed by atoms with Crippen molar-refractivity contribution in [1.82, 2.24) is 0 Å². The summed E-state index contributed by atoms with van der Waals surface area (Å²) in [4.78, 5) is 1.44. The van der Waals surface area contributed by atoms with Crippen LogP contribution in [0.4, 0.5) is 0 Å². The molecule has 1 aliphatic heterocycles. The van der Waals surface area contributed by atoms with Gasteiger partial charge < -0.3 is 4.74 Å². The van der Waals surface area contributed by atoms with E-state index < -0.39 is 0 Å². The molecule has 17 heavy (non-hydrogen) atoms. The lowest BCUT2D eigenvalue weighted by molar-refractivity contribution is 0.188. The number of allylic oxidation sites excluding steroid dienone is 2. The second kappa shape index (κ2) is 5.94. The van der Waals surface area contributed by atoms with Crippen LogP contribution in [0.15, 0.2) is 29.2 Å². The van der Waals surface area contributed by atoms with Crippen molar-refractivity contribution < 1.29 is 4.74 Å². The Balaban J connectivity index is 2.21. The first-order valence-electron chi connectivity index (χ1n) is 5.81. The van der Waals surface area contributed by atoms with Crippen molar-refractivity contribution in [3.63, 3.8) is 0 Å². The molecule has 0 N–H and O–H groups in total. The van der Waals surface area contributed by atoms with Gasteiger partial charge in [-0.15, -0.1) is 11.8 Å². The molecule has 1 heterocycles. The number of benzene rings is 1. The Hall–Kier alpha value is -0.440. The van der Waals surface area contributed by atoms with Crippen molar-refractivity contribution in [2.75, 3.05) is 19.5 Å². The molecular formula is C14H17ClOS. The van der Waals surface area contributed by atoms with Crippen molar-refractivity contribution in [1.29, 1.82) is 0 Å². The van der Waals surface area contributed by atoms with Gasteiger partial charge in [0.15, 0.2) is 0 Å². The third-order valence-electron chi connectivity index (χ3n) is 3.11. The van der Waals surface area contributed by atoms with Crippen molar-refractivity contribution in [2.24, 2.45) is 5.92 Å². The first-order chi connectivity index (χ1) is 8.22. The molecule has 0 aromatic heterocycles. The summed E-state index contributed by atoms with van der Waals surface area (Å²) >= 11 is 7.89. The molecule has 1 atom stereocenters. The van der Waals surface area contributed by atoms with Crippen LogP contribution in [0, 0.1) is 5.92 Å². The summed E-state index contributed by atoms with van der Waals surface area (Å²) in [5.74, 6) is 1.79. The largest absolute Gasteiger partial charge is 0.385 e. The standard InChI is InChI=1S/C14H17ClOS/c1-10-14(11-3-5-13(15)6-4-11)12(9-17-10)7-8-16-2/h3-6,12H,7-9H2,1-2H3. The van der Waals surface area contributed by atoms with Gasteiger partial charge in [-0.3, -0.25) is 0 Å². The summed E-state index contributed by atoms with van der Waals surface area (Å²) in [5, 5.41) is 0.797. The predicted molar refractivity (Wildman–Crippen MR) is 76.5 cm³/mol. The Morgan fingerprint density at radius 2 is 2.06 bits per heavy atom. The minimum atomic E-state index is 0.612. The van der Waals surface area contributed by atoms with E-state index in [1.54, 1.807) is 7.11 Å². The molecule has 1 unspecified atom stereocenters. The number of hydrogen-bond acceptors (Lipinski definition) is 2. The SMILES string of the molecule is COCCC1CSC(C)=C1c1ccc(Cl)cc1. The average molecular weight is 269 g/mol. The minimum Gasteiger partial charge on any atom is -0.385 e. The van der Waals surface area contributed by atoms with E-state index >= 15 is 0 Å². The van der Waals surface area contributed by atoms with Gasteiger partial charge in [0, 0.05) is 24.5 Å². The van der Waals surface area contributed by atoms with Crippen LogP contribution in [-0.2, 0) is 4.74 Å². The van der Waals surface area contributed by atoms with E-state index in [4.69, 9.17) is 16.3 Å². The quantitative estimate of drug-likeness (QED) is 0.797. The van der Waals surface area contributed by atoms with E-state index in [1.807, 2.05) is 23.9 Å². The summed E-state index contributed by atoms with van der Waals surface area (Å²) in [6, 6.07) is 8.17. The molecule has 0 radical (unpaired) electrons. The molecule has 1 aromatic rings. The van der Waals surface area contributed by atoms with Crippen LogP contribution in [0.5, 0.6) is 0 Å². The zero-order chi connectivity index (χ0) is 12.3. The normalized spacial score (nSPS) is 20.1. The topological polar surface area (TPSA) is 9.23 Å². The minimum absolute atomic E-state index is 0.612. The molecular weight excluding hydrogens is 252 g/mol. The van der Waals surface area contributed by atoms with Crippen LogP contribution in [0.1, 0.15) is 18.9 Å². The molecule has 1 aromatic carbocycles. The maximum atomic E-state index is 5.93. The molecule has 0 bridgehead atoms. The Labute approximate surface area is 112 Å². The molecule has 0 saturated heterocycles. The fraction of sp³-hybridized carbons (Fsp3) is 0.429. The predicted octanol–water partition coefficient (Wildman–Crippen LogP) is 4.47. The molecule has 2 rings (SSSR count). The van der Waals surface area contributed by atoms with Crippen LogP contribution in [0.3, 0.4) is 0 Å². The highest BCUT2D eigenvalue weighted by molar-refractivity contribution is 8.03. The monoisotopic (exact) mass is 268 g/mol. The molecule has 3 heteroatoms. The first-order valence-corrected chi connectivity index (χ1v) is 7.17. The van der Waals surface area contributed by atoms with Gasteiger partial charge in [0.25, 0.3) is 0 Å². The van der Waals surface area contributed by atoms with E-state index in [9.17, 15) is 0 Å². The van der Waals surface area contributed by atoms with Gasteiger partial charge in [-0.05, 0) is 47.4 Å². The lowest BCUT2D eigenvalue weighted by atomic mass is 9.91. The number of hydrogen-bond donors (Lipinski definition) is 0. The second-order valence-electron chi connectivity index (χ2n) is 4.27. The summed E-state index contributed by atoms with van der Waals surface area (Å²) in [6.07, 6.45) is 1.10. The molecule has 92 valence electrons. The Kier molecular flexibility index (Phi) is 4.55. The first kappa shape index (κ1) is 13.0. The number of methoxy groups -OCH3 is 1. The molecule has 0 spiro atoms. The highest BCUT2D eigenvalue weighted by Crippen LogP contribution is 2.43. The van der Waals surface area contributed by atoms with Gasteiger partial charge in [0.05, 0.1) is 0 Å². The number of ether oxygens (including phenoxy) is 1. The van der Waals surface area contributed by atoms with Crippen LogP contribution in [0.25, 0.3) is 5.57 Å². The van der Waals surface area contributed by atoms with E-state index in [0.717, 1.165) is 18.1 Å². The van der Waals surface area contributed by atoms with Gasteiger partial charge in [0.1, 0.15) is 0 Å². The molecule has 0 amide bonds. The van der Waals surface area contributed by atoms with Crippen molar-refractivity contribution in [2.45, 2.75) is 13.3 Å². The summed E-state index contributed by atoms with van der Waals surface area (Å²) in [7, 11) is 1.76. The van der Waals surface area contributed by atoms with E-state index in [2.05, 4.69) is 19.1 Å². The van der Waals surface area contributed by atoms with Gasteiger partial charge >= 0.3 is 0 Å². The maximum Gasteiger partial charge on any atom is 0.0468 e. The lowest BCUT2D eigenvalue weighted by Crippen LogP contribution is -2.06. The van der Waals surface area contributed by atoms with E-state index in [0.29, 0.717) is 5.92 Å². The van der Waals surface area contributed by atoms with Gasteiger partial charge in [-0.2, -0.15) is 0 Å².